The van der Waals surface area contributed by atoms with Crippen molar-refractivity contribution in [2.24, 2.45) is 0 Å². The summed E-state index contributed by atoms with van der Waals surface area (Å²) in [6.07, 6.45) is 0.243. The number of halogens is 1. The molecule has 5 heteroatoms. The number of para-hydroxylation sites is 1. The molecule has 0 saturated carbocycles. The van der Waals surface area contributed by atoms with Crippen LogP contribution in [-0.4, -0.2) is 30.3 Å². The molecule has 0 aromatic heterocycles. The Balaban J connectivity index is 2.87. The summed E-state index contributed by atoms with van der Waals surface area (Å²) in [4.78, 5) is 11.2. The molecule has 1 atom stereocenters. The fourth-order valence-electron chi connectivity index (χ4n) is 1.39. The Morgan fingerprint density at radius 3 is 2.71 bits per heavy atom. The molecule has 94 valence electrons. The van der Waals surface area contributed by atoms with Gasteiger partial charge in [0.05, 0.1) is 5.69 Å². The quantitative estimate of drug-likeness (QED) is 0.801. The first-order valence-corrected chi connectivity index (χ1v) is 5.24. The minimum atomic E-state index is -1.25. The van der Waals surface area contributed by atoms with Gasteiger partial charge < -0.3 is 15.2 Å². The second-order valence-corrected chi connectivity index (χ2v) is 3.98. The van der Waals surface area contributed by atoms with E-state index in [0.29, 0.717) is 0 Å². The fraction of sp³-hybridized carbons (Fsp3) is 0.417. The zero-order chi connectivity index (χ0) is 12.9. The Kier molecular flexibility index (Phi) is 4.45. The normalized spacial score (nSPS) is 14.1. The van der Waals surface area contributed by atoms with Crippen molar-refractivity contribution in [1.29, 1.82) is 0 Å². The molecular weight excluding hydrogens is 225 g/mol. The number of hydrogen-bond acceptors (Lipinski definition) is 3. The van der Waals surface area contributed by atoms with Gasteiger partial charge in [-0.15, -0.1) is 0 Å². The monoisotopic (exact) mass is 241 g/mol. The van der Waals surface area contributed by atoms with Crippen LogP contribution in [0.15, 0.2) is 24.3 Å². The second kappa shape index (κ2) is 5.63. The second-order valence-electron chi connectivity index (χ2n) is 3.98. The van der Waals surface area contributed by atoms with Gasteiger partial charge in [-0.25, -0.2) is 9.18 Å². The van der Waals surface area contributed by atoms with Gasteiger partial charge in [0.25, 0.3) is 0 Å². The molecule has 1 unspecified atom stereocenters. The summed E-state index contributed by atoms with van der Waals surface area (Å²) in [6.45, 7) is 1.78. The third kappa shape index (κ3) is 3.42. The van der Waals surface area contributed by atoms with Gasteiger partial charge in [-0.2, -0.15) is 0 Å². The maximum atomic E-state index is 13.4. The molecule has 0 aliphatic heterocycles. The van der Waals surface area contributed by atoms with Crippen LogP contribution in [0.4, 0.5) is 10.1 Å². The van der Waals surface area contributed by atoms with Gasteiger partial charge in [0.1, 0.15) is 11.4 Å². The standard InChI is InChI=1S/C12H16FNO3/c1-12(11(15)16,7-8-17-2)14-10-6-4-3-5-9(10)13/h3-6,14H,7-8H2,1-2H3,(H,15,16). The highest BCUT2D eigenvalue weighted by atomic mass is 19.1. The minimum absolute atomic E-state index is 0.175. The van der Waals surface area contributed by atoms with Gasteiger partial charge in [0.15, 0.2) is 0 Å². The molecule has 0 amide bonds. The van der Waals surface area contributed by atoms with Crippen molar-refractivity contribution < 1.29 is 19.0 Å². The number of aliphatic carboxylic acids is 1. The van der Waals surface area contributed by atoms with Crippen molar-refractivity contribution in [3.63, 3.8) is 0 Å². The molecule has 1 rings (SSSR count). The molecule has 0 aliphatic carbocycles. The molecule has 0 radical (unpaired) electrons. The van der Waals surface area contributed by atoms with E-state index in [-0.39, 0.29) is 18.7 Å². The summed E-state index contributed by atoms with van der Waals surface area (Å²) >= 11 is 0. The van der Waals surface area contributed by atoms with Crippen molar-refractivity contribution in [1.82, 2.24) is 0 Å². The van der Waals surface area contributed by atoms with Crippen molar-refractivity contribution in [2.45, 2.75) is 18.9 Å². The SMILES string of the molecule is COCCC(C)(Nc1ccccc1F)C(=O)O. The van der Waals surface area contributed by atoms with Gasteiger partial charge in [-0.05, 0) is 19.1 Å². The van der Waals surface area contributed by atoms with E-state index in [1.54, 1.807) is 12.1 Å². The number of anilines is 1. The first-order chi connectivity index (χ1) is 7.99. The highest BCUT2D eigenvalue weighted by Gasteiger charge is 2.33. The molecule has 17 heavy (non-hydrogen) atoms. The van der Waals surface area contributed by atoms with Crippen LogP contribution in [0.25, 0.3) is 0 Å². The van der Waals surface area contributed by atoms with Gasteiger partial charge >= 0.3 is 5.97 Å². The van der Waals surface area contributed by atoms with E-state index < -0.39 is 17.3 Å². The number of benzene rings is 1. The van der Waals surface area contributed by atoms with Crippen LogP contribution >= 0.6 is 0 Å². The van der Waals surface area contributed by atoms with Crippen LogP contribution in [0.3, 0.4) is 0 Å². The maximum absolute atomic E-state index is 13.4. The highest BCUT2D eigenvalue weighted by Crippen LogP contribution is 2.21. The number of carboxylic acid groups (broad SMARTS) is 1. The number of rotatable bonds is 6. The number of methoxy groups -OCH3 is 1. The maximum Gasteiger partial charge on any atom is 0.329 e. The Labute approximate surface area is 99.4 Å². The van der Waals surface area contributed by atoms with E-state index in [1.165, 1.54) is 26.2 Å². The van der Waals surface area contributed by atoms with Gasteiger partial charge in [0.2, 0.25) is 0 Å². The Hall–Kier alpha value is -1.62. The predicted octanol–water partition coefficient (Wildman–Crippen LogP) is 2.12. The summed E-state index contributed by atoms with van der Waals surface area (Å²) in [5, 5.41) is 11.9. The minimum Gasteiger partial charge on any atom is -0.480 e. The van der Waals surface area contributed by atoms with E-state index in [9.17, 15) is 14.3 Å². The Bertz CT molecular complexity index is 397. The van der Waals surface area contributed by atoms with Crippen molar-refractivity contribution in [3.05, 3.63) is 30.1 Å². The lowest BCUT2D eigenvalue weighted by Crippen LogP contribution is -2.44. The van der Waals surface area contributed by atoms with Gasteiger partial charge in [-0.3, -0.25) is 0 Å². The average Bonchev–Trinajstić information content (AvgIpc) is 2.29. The number of nitrogens with one attached hydrogen (secondary N) is 1. The fourth-order valence-corrected chi connectivity index (χ4v) is 1.39. The highest BCUT2D eigenvalue weighted by molar-refractivity contribution is 5.82. The molecule has 2 N–H and O–H groups in total. The molecule has 0 aliphatic rings. The number of carbonyl (C=O) groups is 1. The van der Waals surface area contributed by atoms with Crippen molar-refractivity contribution in [2.75, 3.05) is 19.0 Å². The smallest absolute Gasteiger partial charge is 0.329 e. The van der Waals surface area contributed by atoms with Crippen LogP contribution in [0, 0.1) is 5.82 Å². The van der Waals surface area contributed by atoms with E-state index in [4.69, 9.17) is 4.74 Å². The lowest BCUT2D eigenvalue weighted by Gasteiger charge is -2.27. The molecule has 4 nitrogen and oxygen atoms in total. The lowest BCUT2D eigenvalue weighted by molar-refractivity contribution is -0.142. The number of carboxylic acids is 1. The van der Waals surface area contributed by atoms with Crippen LogP contribution in [0.5, 0.6) is 0 Å². The number of ether oxygens (including phenoxy) is 1. The first-order valence-electron chi connectivity index (χ1n) is 5.24. The summed E-state index contributed by atoms with van der Waals surface area (Å²) in [7, 11) is 1.49. The Morgan fingerprint density at radius 2 is 2.18 bits per heavy atom. The molecule has 0 fully saturated rings. The topological polar surface area (TPSA) is 58.6 Å². The predicted molar refractivity (Wildman–Crippen MR) is 62.6 cm³/mol. The summed E-state index contributed by atoms with van der Waals surface area (Å²) in [5.74, 6) is -1.52. The molecule has 0 heterocycles. The third-order valence-corrected chi connectivity index (χ3v) is 2.56. The van der Waals surface area contributed by atoms with E-state index in [2.05, 4.69) is 5.32 Å². The lowest BCUT2D eigenvalue weighted by atomic mass is 9.98. The third-order valence-electron chi connectivity index (χ3n) is 2.56. The van der Waals surface area contributed by atoms with Crippen LogP contribution < -0.4 is 5.32 Å². The first kappa shape index (κ1) is 13.4. The molecule has 0 spiro atoms. The van der Waals surface area contributed by atoms with Crippen molar-refractivity contribution in [3.8, 4) is 0 Å². The van der Waals surface area contributed by atoms with E-state index in [0.717, 1.165) is 0 Å². The molecule has 0 bridgehead atoms. The van der Waals surface area contributed by atoms with Crippen LogP contribution in [0.1, 0.15) is 13.3 Å². The average molecular weight is 241 g/mol. The van der Waals surface area contributed by atoms with Gasteiger partial charge in [0, 0.05) is 20.1 Å². The number of hydrogen-bond donors (Lipinski definition) is 2. The summed E-state index contributed by atoms with van der Waals surface area (Å²) in [5.41, 5.74) is -1.08. The molecule has 0 saturated heterocycles. The zero-order valence-corrected chi connectivity index (χ0v) is 9.87. The van der Waals surface area contributed by atoms with E-state index >= 15 is 0 Å². The van der Waals surface area contributed by atoms with Crippen molar-refractivity contribution >= 4 is 11.7 Å². The summed E-state index contributed by atoms with van der Waals surface area (Å²) in [6, 6.07) is 5.97. The summed E-state index contributed by atoms with van der Waals surface area (Å²) < 4.78 is 18.3. The van der Waals surface area contributed by atoms with Crippen LogP contribution in [-0.2, 0) is 9.53 Å². The zero-order valence-electron chi connectivity index (χ0n) is 9.87. The largest absolute Gasteiger partial charge is 0.480 e. The van der Waals surface area contributed by atoms with Crippen LogP contribution in [0.2, 0.25) is 0 Å². The molecule has 1 aromatic carbocycles. The molecular formula is C12H16FNO3. The molecule has 1 aromatic rings. The Morgan fingerprint density at radius 1 is 1.53 bits per heavy atom. The van der Waals surface area contributed by atoms with Gasteiger partial charge in [-0.1, -0.05) is 12.1 Å². The van der Waals surface area contributed by atoms with E-state index in [1.807, 2.05) is 0 Å².